The molecule has 1 nitrogen and oxygen atoms in total. The maximum atomic E-state index is 11.5. The number of rotatable bonds is 1. The normalized spacial score (nSPS) is 11.3. The molecule has 2 heteroatoms. The Hall–Kier alpha value is -0.660. The Balaban J connectivity index is 3.50. The fourth-order valence-corrected chi connectivity index (χ4v) is 0.0833. The molecule has 34 valence electrons. The minimum absolute atomic E-state index is 0.491. The molecule has 0 aliphatic rings. The van der Waals surface area contributed by atoms with Crippen molar-refractivity contribution in [3.8, 4) is 0 Å². The van der Waals surface area contributed by atoms with Gasteiger partial charge in [0, 0.05) is 0 Å². The second-order valence-corrected chi connectivity index (χ2v) is 0.818. The van der Waals surface area contributed by atoms with Crippen molar-refractivity contribution in [2.45, 2.75) is 6.92 Å². The lowest BCUT2D eigenvalue weighted by Gasteiger charge is -1.71. The fourth-order valence-electron chi connectivity index (χ4n) is 0.0833. The number of halogens is 1. The van der Waals surface area contributed by atoms with E-state index in [9.17, 15) is 4.39 Å². The van der Waals surface area contributed by atoms with Crippen LogP contribution in [0.4, 0.5) is 4.39 Å². The van der Waals surface area contributed by atoms with E-state index < -0.39 is 5.83 Å². The zero-order valence-corrected chi connectivity index (χ0v) is 3.53. The largest absolute Gasteiger partial charge is 0.306 e. The van der Waals surface area contributed by atoms with E-state index >= 15 is 0 Å². The highest BCUT2D eigenvalue weighted by Gasteiger charge is 1.75. The van der Waals surface area contributed by atoms with E-state index in [0.717, 1.165) is 0 Å². The maximum Gasteiger partial charge on any atom is 0.136 e. The van der Waals surface area contributed by atoms with Gasteiger partial charge in [0.25, 0.3) is 0 Å². The number of nitrogens with one attached hydrogen (secondary N) is 1. The topological polar surface area (TPSA) is 23.9 Å². The molecule has 0 saturated carbocycles. The van der Waals surface area contributed by atoms with Gasteiger partial charge in [-0.15, -0.1) is 0 Å². The zero-order valence-electron chi connectivity index (χ0n) is 3.53. The van der Waals surface area contributed by atoms with Crippen LogP contribution in [-0.4, -0.2) is 6.21 Å². The van der Waals surface area contributed by atoms with E-state index in [1.54, 1.807) is 6.92 Å². The monoisotopic (exact) mass is 87.0 g/mol. The van der Waals surface area contributed by atoms with Crippen molar-refractivity contribution in [2.75, 3.05) is 0 Å². The summed E-state index contributed by atoms with van der Waals surface area (Å²) in [6, 6.07) is 0. The molecule has 0 aliphatic carbocycles. The van der Waals surface area contributed by atoms with E-state index in [0.29, 0.717) is 6.21 Å². The van der Waals surface area contributed by atoms with Gasteiger partial charge in [0.1, 0.15) is 5.83 Å². The van der Waals surface area contributed by atoms with Crippen LogP contribution in [0.2, 0.25) is 0 Å². The summed E-state index contributed by atoms with van der Waals surface area (Å²) in [6.07, 6.45) is 1.90. The average molecular weight is 87.1 g/mol. The highest BCUT2D eigenvalue weighted by molar-refractivity contribution is 5.72. The van der Waals surface area contributed by atoms with Gasteiger partial charge in [-0.3, -0.25) is 0 Å². The minimum atomic E-state index is -0.491. The molecule has 0 fully saturated rings. The summed E-state index contributed by atoms with van der Waals surface area (Å²) in [5.41, 5.74) is 0. The number of allylic oxidation sites excluding steroid dienone is 2. The standard InChI is InChI=1S/C4H6FN/c1-2-4(5)3-6/h2-3,6H,1H3. The van der Waals surface area contributed by atoms with Crippen LogP contribution >= 0.6 is 0 Å². The molecule has 0 aromatic heterocycles. The lowest BCUT2D eigenvalue weighted by atomic mass is 10.5. The molecule has 0 radical (unpaired) electrons. The first-order chi connectivity index (χ1) is 2.81. The first-order valence-electron chi connectivity index (χ1n) is 1.63. The Bertz CT molecular complexity index is 75.6. The van der Waals surface area contributed by atoms with Gasteiger partial charge in [0.15, 0.2) is 0 Å². The van der Waals surface area contributed by atoms with Crippen molar-refractivity contribution in [1.29, 1.82) is 5.41 Å². The predicted octanol–water partition coefficient (Wildman–Crippen LogP) is 1.51. The summed E-state index contributed by atoms with van der Waals surface area (Å²) in [7, 11) is 0. The summed E-state index contributed by atoms with van der Waals surface area (Å²) >= 11 is 0. The molecule has 0 atom stereocenters. The summed E-state index contributed by atoms with van der Waals surface area (Å²) < 4.78 is 11.5. The Morgan fingerprint density at radius 2 is 2.33 bits per heavy atom. The Morgan fingerprint density at radius 3 is 2.33 bits per heavy atom. The quantitative estimate of drug-likeness (QED) is 0.469. The Morgan fingerprint density at radius 1 is 1.83 bits per heavy atom. The molecule has 0 aliphatic heterocycles. The number of hydrogen-bond acceptors (Lipinski definition) is 1. The van der Waals surface area contributed by atoms with Crippen molar-refractivity contribution >= 4 is 6.21 Å². The van der Waals surface area contributed by atoms with Gasteiger partial charge in [0.05, 0.1) is 6.21 Å². The lowest BCUT2D eigenvalue weighted by Crippen LogP contribution is -1.65. The van der Waals surface area contributed by atoms with Crippen LogP contribution in [0, 0.1) is 5.41 Å². The molecule has 0 rings (SSSR count). The van der Waals surface area contributed by atoms with Crippen LogP contribution in [-0.2, 0) is 0 Å². The van der Waals surface area contributed by atoms with Gasteiger partial charge < -0.3 is 5.41 Å². The maximum absolute atomic E-state index is 11.5. The summed E-state index contributed by atoms with van der Waals surface area (Å²) in [5.74, 6) is -0.491. The molecule has 0 unspecified atom stereocenters. The van der Waals surface area contributed by atoms with Crippen LogP contribution in [0.25, 0.3) is 0 Å². The van der Waals surface area contributed by atoms with Gasteiger partial charge >= 0.3 is 0 Å². The molecule has 0 amide bonds. The van der Waals surface area contributed by atoms with Crippen molar-refractivity contribution in [3.05, 3.63) is 11.9 Å². The van der Waals surface area contributed by atoms with Crippen LogP contribution in [0.3, 0.4) is 0 Å². The van der Waals surface area contributed by atoms with E-state index in [2.05, 4.69) is 0 Å². The highest BCUT2D eigenvalue weighted by atomic mass is 19.1. The molecular weight excluding hydrogens is 81.0 g/mol. The Labute approximate surface area is 36.0 Å². The number of hydrogen-bond donors (Lipinski definition) is 1. The predicted molar refractivity (Wildman–Crippen MR) is 23.6 cm³/mol. The fraction of sp³-hybridized carbons (Fsp3) is 0.250. The molecule has 0 aromatic rings. The first kappa shape index (κ1) is 5.34. The molecule has 0 saturated heterocycles. The van der Waals surface area contributed by atoms with E-state index in [1.807, 2.05) is 0 Å². The van der Waals surface area contributed by atoms with Crippen LogP contribution < -0.4 is 0 Å². The van der Waals surface area contributed by atoms with Gasteiger partial charge in [-0.05, 0) is 6.92 Å². The molecular formula is C4H6FN. The van der Waals surface area contributed by atoms with E-state index in [-0.39, 0.29) is 0 Å². The van der Waals surface area contributed by atoms with Crippen molar-refractivity contribution in [2.24, 2.45) is 0 Å². The lowest BCUT2D eigenvalue weighted by molar-refractivity contribution is 0.683. The minimum Gasteiger partial charge on any atom is -0.306 e. The molecule has 0 bridgehead atoms. The molecule has 0 heterocycles. The Kier molecular flexibility index (Phi) is 2.29. The third-order valence-electron chi connectivity index (χ3n) is 0.414. The average Bonchev–Trinajstić information content (AvgIpc) is 1.65. The third-order valence-corrected chi connectivity index (χ3v) is 0.414. The van der Waals surface area contributed by atoms with Crippen molar-refractivity contribution in [3.63, 3.8) is 0 Å². The molecule has 0 spiro atoms. The molecule has 1 N–H and O–H groups in total. The third kappa shape index (κ3) is 1.64. The molecule has 6 heavy (non-hydrogen) atoms. The van der Waals surface area contributed by atoms with E-state index in [4.69, 9.17) is 5.41 Å². The van der Waals surface area contributed by atoms with Gasteiger partial charge in [-0.25, -0.2) is 4.39 Å². The van der Waals surface area contributed by atoms with Gasteiger partial charge in [0.2, 0.25) is 0 Å². The van der Waals surface area contributed by atoms with E-state index in [1.165, 1.54) is 6.08 Å². The zero-order chi connectivity index (χ0) is 4.99. The molecule has 0 aromatic carbocycles. The van der Waals surface area contributed by atoms with Crippen LogP contribution in [0.5, 0.6) is 0 Å². The summed E-state index contributed by atoms with van der Waals surface area (Å²) in [5, 5.41) is 6.24. The summed E-state index contributed by atoms with van der Waals surface area (Å²) in [6.45, 7) is 1.54. The van der Waals surface area contributed by atoms with Crippen LogP contribution in [0.15, 0.2) is 11.9 Å². The smallest absolute Gasteiger partial charge is 0.136 e. The highest BCUT2D eigenvalue weighted by Crippen LogP contribution is 1.85. The first-order valence-corrected chi connectivity index (χ1v) is 1.63. The SMILES string of the molecule is CC=C(F)C=N. The summed E-state index contributed by atoms with van der Waals surface area (Å²) in [4.78, 5) is 0. The second-order valence-electron chi connectivity index (χ2n) is 0.818. The van der Waals surface area contributed by atoms with Crippen LogP contribution in [0.1, 0.15) is 6.92 Å². The van der Waals surface area contributed by atoms with Crippen molar-refractivity contribution < 1.29 is 4.39 Å². The second kappa shape index (κ2) is 2.57. The van der Waals surface area contributed by atoms with Crippen molar-refractivity contribution in [1.82, 2.24) is 0 Å². The van der Waals surface area contributed by atoms with Gasteiger partial charge in [-0.1, -0.05) is 6.08 Å². The van der Waals surface area contributed by atoms with Gasteiger partial charge in [-0.2, -0.15) is 0 Å².